The van der Waals surface area contributed by atoms with E-state index in [-0.39, 0.29) is 18.4 Å². The lowest BCUT2D eigenvalue weighted by molar-refractivity contribution is -0.274. The Bertz CT molecular complexity index is 1100. The zero-order valence-electron chi connectivity index (χ0n) is 18.9. The largest absolute Gasteiger partial charge is 0.573 e. The number of urea groups is 1. The van der Waals surface area contributed by atoms with Crippen LogP contribution in [0.15, 0.2) is 73.1 Å². The van der Waals surface area contributed by atoms with E-state index in [0.29, 0.717) is 30.1 Å². The number of rotatable bonds is 7. The van der Waals surface area contributed by atoms with E-state index in [1.807, 2.05) is 12.1 Å². The number of halogens is 3. The molecule has 0 radical (unpaired) electrons. The Balaban J connectivity index is 1.22. The lowest BCUT2D eigenvalue weighted by Gasteiger charge is -2.34. The van der Waals surface area contributed by atoms with Crippen molar-refractivity contribution in [3.05, 3.63) is 84.2 Å². The second-order valence-electron chi connectivity index (χ2n) is 8.06. The molecule has 0 bridgehead atoms. The fourth-order valence-corrected chi connectivity index (χ4v) is 3.69. The monoisotopic (exact) mass is 486 g/mol. The first-order chi connectivity index (χ1) is 16.8. The molecule has 3 aromatic rings. The second kappa shape index (κ2) is 11.1. The first kappa shape index (κ1) is 24.3. The molecule has 1 aliphatic rings. The van der Waals surface area contributed by atoms with Crippen LogP contribution in [0, 0.1) is 0 Å². The van der Waals surface area contributed by atoms with Gasteiger partial charge in [0.2, 0.25) is 0 Å². The van der Waals surface area contributed by atoms with Crippen LogP contribution in [-0.4, -0.2) is 53.4 Å². The topological polar surface area (TPSA) is 66.9 Å². The maximum Gasteiger partial charge on any atom is 0.573 e. The van der Waals surface area contributed by atoms with E-state index in [0.717, 1.165) is 19.6 Å². The molecule has 2 aromatic carbocycles. The number of hydrogen-bond donors (Lipinski definition) is 1. The fourth-order valence-electron chi connectivity index (χ4n) is 3.69. The summed E-state index contributed by atoms with van der Waals surface area (Å²) >= 11 is 0. The number of amides is 2. The normalized spacial score (nSPS) is 14.4. The van der Waals surface area contributed by atoms with Gasteiger partial charge >= 0.3 is 12.4 Å². The number of nitrogens with zero attached hydrogens (tertiary/aromatic N) is 3. The van der Waals surface area contributed by atoms with Crippen LogP contribution in [-0.2, 0) is 13.2 Å². The molecular formula is C25H25F3N4O3. The average Bonchev–Trinajstić information content (AvgIpc) is 2.84. The van der Waals surface area contributed by atoms with Crippen molar-refractivity contribution in [3.8, 4) is 11.5 Å². The minimum Gasteiger partial charge on any atom is -0.489 e. The Morgan fingerprint density at radius 2 is 1.63 bits per heavy atom. The van der Waals surface area contributed by atoms with Gasteiger partial charge in [-0.2, -0.15) is 0 Å². The van der Waals surface area contributed by atoms with Crippen LogP contribution in [0.5, 0.6) is 11.5 Å². The van der Waals surface area contributed by atoms with Crippen molar-refractivity contribution in [3.63, 3.8) is 0 Å². The Morgan fingerprint density at radius 1 is 0.914 bits per heavy atom. The van der Waals surface area contributed by atoms with Crippen LogP contribution in [0.1, 0.15) is 11.1 Å². The summed E-state index contributed by atoms with van der Waals surface area (Å²) in [4.78, 5) is 20.7. The Morgan fingerprint density at radius 3 is 2.31 bits per heavy atom. The molecule has 0 atom stereocenters. The molecule has 184 valence electrons. The molecule has 2 heterocycles. The maximum atomic E-state index is 12.6. The summed E-state index contributed by atoms with van der Waals surface area (Å²) in [5.41, 5.74) is 2.36. The SMILES string of the molecule is O=C(Nc1ccc(OCc2cccc(OC(F)(F)F)c2)cc1)N1CCN(Cc2ccncc2)CC1. The van der Waals surface area contributed by atoms with Crippen LogP contribution >= 0.6 is 0 Å². The molecule has 1 fully saturated rings. The van der Waals surface area contributed by atoms with E-state index < -0.39 is 6.36 Å². The van der Waals surface area contributed by atoms with Gasteiger partial charge in [-0.05, 0) is 59.7 Å². The third-order valence-electron chi connectivity index (χ3n) is 5.46. The van der Waals surface area contributed by atoms with Gasteiger partial charge in [-0.3, -0.25) is 9.88 Å². The number of hydrogen-bond acceptors (Lipinski definition) is 5. The molecule has 0 aliphatic carbocycles. The van der Waals surface area contributed by atoms with Crippen LogP contribution in [0.2, 0.25) is 0 Å². The zero-order valence-corrected chi connectivity index (χ0v) is 18.9. The summed E-state index contributed by atoms with van der Waals surface area (Å²) in [6.07, 6.45) is -1.19. The van der Waals surface area contributed by atoms with Gasteiger partial charge in [-0.1, -0.05) is 12.1 Å². The first-order valence-corrected chi connectivity index (χ1v) is 11.1. The highest BCUT2D eigenvalue weighted by Gasteiger charge is 2.31. The van der Waals surface area contributed by atoms with Crippen molar-refractivity contribution in [1.29, 1.82) is 0 Å². The highest BCUT2D eigenvalue weighted by Crippen LogP contribution is 2.24. The molecule has 1 aromatic heterocycles. The fraction of sp³-hybridized carbons (Fsp3) is 0.280. The standard InChI is InChI=1S/C25H25F3N4O3/c26-25(27,28)35-23-3-1-2-20(16-23)18-34-22-6-4-21(5-7-22)30-24(33)32-14-12-31(13-15-32)17-19-8-10-29-11-9-19/h1-11,16H,12-15,17-18H2,(H,30,33). The number of carbonyl (C=O) groups excluding carboxylic acids is 1. The number of pyridine rings is 1. The number of anilines is 1. The summed E-state index contributed by atoms with van der Waals surface area (Å²) in [6.45, 7) is 3.75. The molecule has 0 spiro atoms. The summed E-state index contributed by atoms with van der Waals surface area (Å²) in [7, 11) is 0. The number of ether oxygens (including phenoxy) is 2. The summed E-state index contributed by atoms with van der Waals surface area (Å²) in [5.74, 6) is 0.227. The molecule has 7 nitrogen and oxygen atoms in total. The van der Waals surface area contributed by atoms with E-state index in [1.54, 1.807) is 47.6 Å². The smallest absolute Gasteiger partial charge is 0.489 e. The van der Waals surface area contributed by atoms with Crippen LogP contribution < -0.4 is 14.8 Å². The quantitative estimate of drug-likeness (QED) is 0.514. The third kappa shape index (κ3) is 7.61. The third-order valence-corrected chi connectivity index (χ3v) is 5.46. The molecule has 35 heavy (non-hydrogen) atoms. The van der Waals surface area contributed by atoms with E-state index in [4.69, 9.17) is 4.74 Å². The lowest BCUT2D eigenvalue weighted by atomic mass is 10.2. The van der Waals surface area contributed by atoms with Gasteiger partial charge in [0.1, 0.15) is 18.1 Å². The van der Waals surface area contributed by atoms with Gasteiger partial charge in [0.05, 0.1) is 0 Å². The number of alkyl halides is 3. The molecule has 1 N–H and O–H groups in total. The van der Waals surface area contributed by atoms with Gasteiger partial charge in [0.25, 0.3) is 0 Å². The molecule has 1 aliphatic heterocycles. The van der Waals surface area contributed by atoms with Crippen molar-refractivity contribution in [2.24, 2.45) is 0 Å². The van der Waals surface area contributed by atoms with Crippen LogP contribution in [0.4, 0.5) is 23.7 Å². The van der Waals surface area contributed by atoms with E-state index in [9.17, 15) is 18.0 Å². The van der Waals surface area contributed by atoms with Crippen molar-refractivity contribution in [2.45, 2.75) is 19.5 Å². The number of piperazine rings is 1. The Kier molecular flexibility index (Phi) is 7.71. The highest BCUT2D eigenvalue weighted by molar-refractivity contribution is 5.89. The van der Waals surface area contributed by atoms with Crippen LogP contribution in [0.3, 0.4) is 0 Å². The van der Waals surface area contributed by atoms with Crippen LogP contribution in [0.25, 0.3) is 0 Å². The first-order valence-electron chi connectivity index (χ1n) is 11.1. The molecule has 2 amide bonds. The number of carbonyl (C=O) groups is 1. The van der Waals surface area contributed by atoms with Crippen molar-refractivity contribution in [2.75, 3.05) is 31.5 Å². The van der Waals surface area contributed by atoms with Gasteiger partial charge in [0, 0.05) is 50.8 Å². The highest BCUT2D eigenvalue weighted by atomic mass is 19.4. The summed E-state index contributed by atoms with van der Waals surface area (Å²) in [6, 6.07) is 16.3. The maximum absolute atomic E-state index is 12.6. The lowest BCUT2D eigenvalue weighted by Crippen LogP contribution is -2.49. The molecule has 10 heteroatoms. The minimum atomic E-state index is -4.74. The van der Waals surface area contributed by atoms with E-state index >= 15 is 0 Å². The minimum absolute atomic E-state index is 0.0739. The molecular weight excluding hydrogens is 461 g/mol. The number of aromatic nitrogens is 1. The second-order valence-corrected chi connectivity index (χ2v) is 8.06. The van der Waals surface area contributed by atoms with Gasteiger partial charge in [-0.15, -0.1) is 13.2 Å². The predicted molar refractivity (Wildman–Crippen MR) is 124 cm³/mol. The molecule has 1 saturated heterocycles. The number of benzene rings is 2. The predicted octanol–water partition coefficient (Wildman–Crippen LogP) is 4.91. The van der Waals surface area contributed by atoms with Crippen molar-refractivity contribution >= 4 is 11.7 Å². The Labute approximate surface area is 201 Å². The zero-order chi connectivity index (χ0) is 24.7. The molecule has 4 rings (SSSR count). The van der Waals surface area contributed by atoms with E-state index in [2.05, 4.69) is 19.9 Å². The molecule has 0 saturated carbocycles. The number of nitrogens with one attached hydrogen (secondary N) is 1. The summed E-state index contributed by atoms with van der Waals surface area (Å²) in [5, 5.41) is 2.89. The molecule has 0 unspecified atom stereocenters. The Hall–Kier alpha value is -3.79. The van der Waals surface area contributed by atoms with Crippen molar-refractivity contribution in [1.82, 2.24) is 14.8 Å². The van der Waals surface area contributed by atoms with E-state index in [1.165, 1.54) is 23.8 Å². The van der Waals surface area contributed by atoms with Gasteiger partial charge in [0.15, 0.2) is 0 Å². The summed E-state index contributed by atoms with van der Waals surface area (Å²) < 4.78 is 46.7. The van der Waals surface area contributed by atoms with Gasteiger partial charge in [-0.25, -0.2) is 4.79 Å². The van der Waals surface area contributed by atoms with Crippen molar-refractivity contribution < 1.29 is 27.4 Å². The average molecular weight is 486 g/mol. The van der Waals surface area contributed by atoms with Gasteiger partial charge < -0.3 is 19.7 Å².